The van der Waals surface area contributed by atoms with Gasteiger partial charge in [0, 0.05) is 17.8 Å². The van der Waals surface area contributed by atoms with Gasteiger partial charge < -0.3 is 10.1 Å². The fraction of sp³-hybridized carbons (Fsp3) is 0.158. The molecule has 1 aromatic heterocycles. The molecule has 2 aromatic carbocycles. The number of nitrogens with one attached hydrogen (secondary N) is 1. The van der Waals surface area contributed by atoms with Crippen LogP contribution in [0.2, 0.25) is 10.0 Å². The highest BCUT2D eigenvalue weighted by atomic mass is 35.5. The van der Waals surface area contributed by atoms with Gasteiger partial charge in [-0.1, -0.05) is 29.3 Å². The topological polar surface area (TPSA) is 56.1 Å². The number of carbonyl (C=O) groups excluding carboxylic acids is 1. The number of halogens is 2. The van der Waals surface area contributed by atoms with Gasteiger partial charge >= 0.3 is 0 Å². The van der Waals surface area contributed by atoms with Crippen molar-refractivity contribution in [1.82, 2.24) is 9.78 Å². The number of hydrogen-bond donors (Lipinski definition) is 1. The molecule has 0 aliphatic heterocycles. The summed E-state index contributed by atoms with van der Waals surface area (Å²) < 4.78 is 7.09. The van der Waals surface area contributed by atoms with E-state index in [1.54, 1.807) is 53.3 Å². The monoisotopic (exact) mass is 389 g/mol. The molecule has 1 N–H and O–H groups in total. The number of benzene rings is 2. The van der Waals surface area contributed by atoms with E-state index in [0.717, 1.165) is 11.3 Å². The molecule has 0 spiro atoms. The first-order valence-electron chi connectivity index (χ1n) is 8.06. The summed E-state index contributed by atoms with van der Waals surface area (Å²) in [6.07, 6.45) is 1.79. The highest BCUT2D eigenvalue weighted by molar-refractivity contribution is 6.42. The van der Waals surface area contributed by atoms with Gasteiger partial charge in [-0.3, -0.25) is 9.48 Å². The molecule has 1 amide bonds. The summed E-state index contributed by atoms with van der Waals surface area (Å²) in [7, 11) is 0. The third-order valence-corrected chi connectivity index (χ3v) is 4.38. The zero-order chi connectivity index (χ0) is 18.5. The number of amides is 1. The molecule has 0 atom stereocenters. The summed E-state index contributed by atoms with van der Waals surface area (Å²) in [5, 5.41) is 8.14. The molecule has 0 bridgehead atoms. The first-order chi connectivity index (χ1) is 12.5. The molecule has 0 saturated carbocycles. The smallest absolute Gasteiger partial charge is 0.256 e. The van der Waals surface area contributed by atoms with E-state index in [1.165, 1.54) is 0 Å². The van der Waals surface area contributed by atoms with Crippen molar-refractivity contribution in [2.45, 2.75) is 13.5 Å². The van der Waals surface area contributed by atoms with Crippen LogP contribution in [0.5, 0.6) is 5.75 Å². The Balaban J connectivity index is 1.64. The number of rotatable bonds is 6. The number of anilines is 1. The molecule has 3 aromatic rings. The van der Waals surface area contributed by atoms with E-state index in [-0.39, 0.29) is 5.91 Å². The molecule has 0 fully saturated rings. The third kappa shape index (κ3) is 4.56. The minimum atomic E-state index is -0.229. The number of aromatic nitrogens is 2. The Morgan fingerprint density at radius 1 is 1.12 bits per heavy atom. The van der Waals surface area contributed by atoms with Crippen molar-refractivity contribution in [2.75, 3.05) is 11.9 Å². The van der Waals surface area contributed by atoms with Crippen LogP contribution >= 0.6 is 23.2 Å². The molecule has 134 valence electrons. The average Bonchev–Trinajstić information content (AvgIpc) is 3.06. The third-order valence-electron chi connectivity index (χ3n) is 3.64. The largest absolute Gasteiger partial charge is 0.494 e. The number of nitrogens with zero attached hydrogens (tertiary/aromatic N) is 2. The normalized spacial score (nSPS) is 10.6. The van der Waals surface area contributed by atoms with Crippen molar-refractivity contribution in [2.24, 2.45) is 0 Å². The summed E-state index contributed by atoms with van der Waals surface area (Å²) in [4.78, 5) is 12.3. The standard InChI is InChI=1S/C19H17Cl2N3O2/c1-2-26-15-6-4-14(5-7-15)19(25)22-18-9-10-24(23-18)12-13-3-8-16(20)17(21)11-13/h3-11H,2,12H2,1H3,(H,22,23,25). The minimum Gasteiger partial charge on any atom is -0.494 e. The fourth-order valence-corrected chi connectivity index (χ4v) is 2.72. The van der Waals surface area contributed by atoms with Crippen LogP contribution in [0, 0.1) is 0 Å². The molecule has 0 unspecified atom stereocenters. The highest BCUT2D eigenvalue weighted by Gasteiger charge is 2.09. The lowest BCUT2D eigenvalue weighted by atomic mass is 10.2. The zero-order valence-corrected chi connectivity index (χ0v) is 15.6. The van der Waals surface area contributed by atoms with Crippen molar-refractivity contribution in [3.63, 3.8) is 0 Å². The van der Waals surface area contributed by atoms with E-state index in [0.29, 0.717) is 34.6 Å². The lowest BCUT2D eigenvalue weighted by molar-refractivity contribution is 0.102. The molecule has 26 heavy (non-hydrogen) atoms. The molecule has 7 heteroatoms. The van der Waals surface area contributed by atoms with E-state index >= 15 is 0 Å². The van der Waals surface area contributed by atoms with Gasteiger partial charge in [0.2, 0.25) is 0 Å². The maximum absolute atomic E-state index is 12.3. The highest BCUT2D eigenvalue weighted by Crippen LogP contribution is 2.23. The average molecular weight is 390 g/mol. The van der Waals surface area contributed by atoms with Crippen LogP contribution in [0.1, 0.15) is 22.8 Å². The molecule has 5 nitrogen and oxygen atoms in total. The number of carbonyl (C=O) groups is 1. The number of ether oxygens (including phenoxy) is 1. The van der Waals surface area contributed by atoms with Crippen molar-refractivity contribution in [3.8, 4) is 5.75 Å². The van der Waals surface area contributed by atoms with Crippen LogP contribution in [-0.4, -0.2) is 22.3 Å². The second-order valence-corrected chi connectivity index (χ2v) is 6.37. The van der Waals surface area contributed by atoms with E-state index in [9.17, 15) is 4.79 Å². The van der Waals surface area contributed by atoms with Crippen LogP contribution in [0.4, 0.5) is 5.82 Å². The predicted octanol–water partition coefficient (Wildman–Crippen LogP) is 4.89. The quantitative estimate of drug-likeness (QED) is 0.652. The second kappa shape index (κ2) is 8.25. The van der Waals surface area contributed by atoms with Crippen LogP contribution in [-0.2, 0) is 6.54 Å². The Kier molecular flexibility index (Phi) is 5.81. The summed E-state index contributed by atoms with van der Waals surface area (Å²) in [6, 6.07) is 14.1. The van der Waals surface area contributed by atoms with Crippen molar-refractivity contribution < 1.29 is 9.53 Å². The predicted molar refractivity (Wildman–Crippen MR) is 103 cm³/mol. The molecular formula is C19H17Cl2N3O2. The maximum Gasteiger partial charge on any atom is 0.256 e. The molecular weight excluding hydrogens is 373 g/mol. The van der Waals surface area contributed by atoms with E-state index in [4.69, 9.17) is 27.9 Å². The summed E-state index contributed by atoms with van der Waals surface area (Å²) in [5.41, 5.74) is 1.50. The van der Waals surface area contributed by atoms with Gasteiger partial charge in [0.05, 0.1) is 23.2 Å². The van der Waals surface area contributed by atoms with Gasteiger partial charge in [0.1, 0.15) is 5.75 Å². The molecule has 0 saturated heterocycles. The van der Waals surface area contributed by atoms with Gasteiger partial charge in [0.15, 0.2) is 5.82 Å². The summed E-state index contributed by atoms with van der Waals surface area (Å²) >= 11 is 11.9. The first kappa shape index (κ1) is 18.3. The van der Waals surface area contributed by atoms with E-state index in [1.807, 2.05) is 13.0 Å². The molecule has 3 rings (SSSR count). The van der Waals surface area contributed by atoms with E-state index < -0.39 is 0 Å². The summed E-state index contributed by atoms with van der Waals surface area (Å²) in [6.45, 7) is 3.02. The van der Waals surface area contributed by atoms with Crippen LogP contribution < -0.4 is 10.1 Å². The van der Waals surface area contributed by atoms with Crippen LogP contribution in [0.25, 0.3) is 0 Å². The maximum atomic E-state index is 12.3. The van der Waals surface area contributed by atoms with Gasteiger partial charge in [-0.15, -0.1) is 0 Å². The van der Waals surface area contributed by atoms with Crippen molar-refractivity contribution >= 4 is 34.9 Å². The molecule has 0 aliphatic rings. The van der Waals surface area contributed by atoms with Gasteiger partial charge in [-0.2, -0.15) is 5.10 Å². The number of hydrogen-bond acceptors (Lipinski definition) is 3. The Bertz CT molecular complexity index is 907. The Morgan fingerprint density at radius 3 is 2.58 bits per heavy atom. The molecule has 0 aliphatic carbocycles. The summed E-state index contributed by atoms with van der Waals surface area (Å²) in [5.74, 6) is 0.978. The molecule has 1 heterocycles. The lowest BCUT2D eigenvalue weighted by Gasteiger charge is -2.06. The second-order valence-electron chi connectivity index (χ2n) is 5.56. The lowest BCUT2D eigenvalue weighted by Crippen LogP contribution is -2.12. The van der Waals surface area contributed by atoms with Crippen molar-refractivity contribution in [3.05, 3.63) is 75.9 Å². The first-order valence-corrected chi connectivity index (χ1v) is 8.82. The van der Waals surface area contributed by atoms with E-state index in [2.05, 4.69) is 10.4 Å². The fourth-order valence-electron chi connectivity index (χ4n) is 2.40. The molecule has 0 radical (unpaired) electrons. The Labute approximate surface area is 161 Å². The minimum absolute atomic E-state index is 0.229. The zero-order valence-electron chi connectivity index (χ0n) is 14.1. The van der Waals surface area contributed by atoms with Gasteiger partial charge in [-0.25, -0.2) is 0 Å². The SMILES string of the molecule is CCOc1ccc(C(=O)Nc2ccn(Cc3ccc(Cl)c(Cl)c3)n2)cc1. The van der Waals surface area contributed by atoms with Gasteiger partial charge in [-0.05, 0) is 48.9 Å². The Morgan fingerprint density at radius 2 is 1.88 bits per heavy atom. The van der Waals surface area contributed by atoms with Crippen molar-refractivity contribution in [1.29, 1.82) is 0 Å². The van der Waals surface area contributed by atoms with Gasteiger partial charge in [0.25, 0.3) is 5.91 Å². The Hall–Kier alpha value is -2.50. The van der Waals surface area contributed by atoms with Crippen LogP contribution in [0.15, 0.2) is 54.7 Å². The van der Waals surface area contributed by atoms with Crippen LogP contribution in [0.3, 0.4) is 0 Å².